The first-order chi connectivity index (χ1) is 11.3. The molecule has 0 aromatic heterocycles. The van der Waals surface area contributed by atoms with Gasteiger partial charge in [0, 0.05) is 18.2 Å². The van der Waals surface area contributed by atoms with Crippen LogP contribution < -0.4 is 14.4 Å². The van der Waals surface area contributed by atoms with Crippen molar-refractivity contribution in [2.75, 3.05) is 30.3 Å². The summed E-state index contributed by atoms with van der Waals surface area (Å²) < 4.78 is 36.4. The Hall–Kier alpha value is -1.51. The number of rotatable bonds is 4. The van der Waals surface area contributed by atoms with Crippen LogP contribution in [0.15, 0.2) is 18.2 Å². The second-order valence-electron chi connectivity index (χ2n) is 5.89. The minimum absolute atomic E-state index is 0.00893. The van der Waals surface area contributed by atoms with Crippen LogP contribution in [0.25, 0.3) is 0 Å². The van der Waals surface area contributed by atoms with Gasteiger partial charge in [-0.05, 0) is 31.0 Å². The third-order valence-electron chi connectivity index (χ3n) is 4.01. The van der Waals surface area contributed by atoms with E-state index in [4.69, 9.17) is 21.1 Å². The van der Waals surface area contributed by atoms with Gasteiger partial charge in [-0.3, -0.25) is 9.10 Å². The first-order valence-corrected chi connectivity index (χ1v) is 9.90. The summed E-state index contributed by atoms with van der Waals surface area (Å²) in [5.41, 5.74) is 0.341. The van der Waals surface area contributed by atoms with Crippen LogP contribution in [0.5, 0.6) is 5.75 Å². The Morgan fingerprint density at radius 2 is 2.25 bits per heavy atom. The molecule has 0 unspecified atom stereocenters. The molecule has 24 heavy (non-hydrogen) atoms. The molecule has 0 radical (unpaired) electrons. The minimum Gasteiger partial charge on any atom is -0.476 e. The molecule has 2 heterocycles. The molecule has 0 aliphatic carbocycles. The van der Waals surface area contributed by atoms with E-state index in [1.807, 2.05) is 0 Å². The van der Waals surface area contributed by atoms with Gasteiger partial charge in [0.15, 0.2) is 6.10 Å². The second-order valence-corrected chi connectivity index (χ2v) is 8.24. The van der Waals surface area contributed by atoms with Crippen LogP contribution in [0, 0.1) is 0 Å². The maximum atomic E-state index is 12.4. The zero-order chi connectivity index (χ0) is 17.3. The number of benzene rings is 1. The third kappa shape index (κ3) is 3.76. The van der Waals surface area contributed by atoms with Crippen molar-refractivity contribution in [2.45, 2.75) is 25.0 Å². The smallest absolute Gasteiger partial charge is 0.263 e. The van der Waals surface area contributed by atoms with Gasteiger partial charge in [-0.25, -0.2) is 8.42 Å². The number of anilines is 1. The van der Waals surface area contributed by atoms with E-state index in [1.165, 1.54) is 6.07 Å². The number of hydrogen-bond donors (Lipinski definition) is 1. The number of nitrogens with one attached hydrogen (secondary N) is 1. The number of hydrogen-bond acceptors (Lipinski definition) is 5. The molecule has 0 bridgehead atoms. The molecule has 2 atom stereocenters. The van der Waals surface area contributed by atoms with Crippen molar-refractivity contribution in [2.24, 2.45) is 0 Å². The summed E-state index contributed by atoms with van der Waals surface area (Å²) in [4.78, 5) is 12.4. The van der Waals surface area contributed by atoms with E-state index < -0.39 is 16.1 Å². The lowest BCUT2D eigenvalue weighted by Gasteiger charge is -2.34. The molecule has 3 rings (SSSR count). The maximum Gasteiger partial charge on any atom is 0.263 e. The SMILES string of the molecule is CS(=O)(=O)N1C[C@@H](C(=O)NC[C@H]2CCCO2)Oc2ccc(Cl)cc21. The van der Waals surface area contributed by atoms with Crippen LogP contribution >= 0.6 is 11.6 Å². The summed E-state index contributed by atoms with van der Waals surface area (Å²) in [6, 6.07) is 4.67. The fourth-order valence-corrected chi connectivity index (χ4v) is 3.88. The largest absolute Gasteiger partial charge is 0.476 e. The molecule has 1 aromatic rings. The Balaban J connectivity index is 1.76. The number of amides is 1. The Bertz CT molecular complexity index is 733. The minimum atomic E-state index is -3.56. The molecule has 2 aliphatic heterocycles. The fraction of sp³-hybridized carbons (Fsp3) is 0.533. The van der Waals surface area contributed by atoms with E-state index in [2.05, 4.69) is 5.32 Å². The lowest BCUT2D eigenvalue weighted by atomic mass is 10.2. The maximum absolute atomic E-state index is 12.4. The quantitative estimate of drug-likeness (QED) is 0.854. The summed E-state index contributed by atoms with van der Waals surface area (Å²) in [6.45, 7) is 1.00. The van der Waals surface area contributed by atoms with Crippen molar-refractivity contribution in [3.8, 4) is 5.75 Å². The summed E-state index contributed by atoms with van der Waals surface area (Å²) in [6.07, 6.45) is 2.06. The summed E-state index contributed by atoms with van der Waals surface area (Å²) in [5.74, 6) is -0.0481. The molecule has 1 saturated heterocycles. The van der Waals surface area contributed by atoms with Gasteiger partial charge in [0.2, 0.25) is 10.0 Å². The highest BCUT2D eigenvalue weighted by Gasteiger charge is 2.35. The molecule has 1 aromatic carbocycles. The monoisotopic (exact) mass is 374 g/mol. The van der Waals surface area contributed by atoms with Crippen LogP contribution in [-0.4, -0.2) is 52.5 Å². The fourth-order valence-electron chi connectivity index (χ4n) is 2.81. The lowest BCUT2D eigenvalue weighted by molar-refractivity contribution is -0.128. The molecular formula is C15H19ClN2O5S. The van der Waals surface area contributed by atoms with Gasteiger partial charge in [-0.15, -0.1) is 0 Å². The zero-order valence-electron chi connectivity index (χ0n) is 13.2. The van der Waals surface area contributed by atoms with Crippen LogP contribution in [0.2, 0.25) is 5.02 Å². The molecule has 0 saturated carbocycles. The first-order valence-electron chi connectivity index (χ1n) is 7.68. The topological polar surface area (TPSA) is 84.9 Å². The van der Waals surface area contributed by atoms with Gasteiger partial charge in [0.1, 0.15) is 5.75 Å². The van der Waals surface area contributed by atoms with Crippen molar-refractivity contribution in [3.05, 3.63) is 23.2 Å². The Kier molecular flexibility index (Phi) is 4.89. The molecule has 1 fully saturated rings. The molecular weight excluding hydrogens is 356 g/mol. The third-order valence-corrected chi connectivity index (χ3v) is 5.39. The highest BCUT2D eigenvalue weighted by atomic mass is 35.5. The van der Waals surface area contributed by atoms with E-state index in [0.717, 1.165) is 23.4 Å². The average molecular weight is 375 g/mol. The van der Waals surface area contributed by atoms with E-state index in [0.29, 0.717) is 29.6 Å². The normalized spacial score (nSPS) is 23.5. The number of halogens is 1. The molecule has 132 valence electrons. The zero-order valence-corrected chi connectivity index (χ0v) is 14.8. The van der Waals surface area contributed by atoms with Crippen LogP contribution in [-0.2, 0) is 19.6 Å². The second kappa shape index (κ2) is 6.78. The van der Waals surface area contributed by atoms with Gasteiger partial charge < -0.3 is 14.8 Å². The molecule has 9 heteroatoms. The van der Waals surface area contributed by atoms with Crippen molar-refractivity contribution >= 4 is 33.2 Å². The Morgan fingerprint density at radius 1 is 1.46 bits per heavy atom. The van der Waals surface area contributed by atoms with Gasteiger partial charge in [0.05, 0.1) is 24.6 Å². The van der Waals surface area contributed by atoms with Crippen LogP contribution in [0.1, 0.15) is 12.8 Å². The lowest BCUT2D eigenvalue weighted by Crippen LogP contribution is -2.51. The molecule has 1 amide bonds. The van der Waals surface area contributed by atoms with Crippen molar-refractivity contribution in [3.63, 3.8) is 0 Å². The number of carbonyl (C=O) groups is 1. The van der Waals surface area contributed by atoms with Crippen LogP contribution in [0.3, 0.4) is 0 Å². The molecule has 7 nitrogen and oxygen atoms in total. The first kappa shape index (κ1) is 17.3. The standard InChI is InChI=1S/C15H19ClN2O5S/c1-24(20,21)18-9-14(15(19)17-8-11-3-2-6-22-11)23-13-5-4-10(16)7-12(13)18/h4-5,7,11,14H,2-3,6,8-9H2,1H3,(H,17,19)/t11-,14+/m1/s1. The van der Waals surface area contributed by atoms with E-state index >= 15 is 0 Å². The van der Waals surface area contributed by atoms with E-state index in [9.17, 15) is 13.2 Å². The summed E-state index contributed by atoms with van der Waals surface area (Å²) >= 11 is 5.94. The van der Waals surface area contributed by atoms with Gasteiger partial charge in [-0.2, -0.15) is 0 Å². The van der Waals surface area contributed by atoms with Crippen molar-refractivity contribution in [1.82, 2.24) is 5.32 Å². The summed E-state index contributed by atoms with van der Waals surface area (Å²) in [7, 11) is -3.56. The van der Waals surface area contributed by atoms with E-state index in [-0.39, 0.29) is 18.6 Å². The Labute approximate surface area is 145 Å². The molecule has 0 spiro atoms. The predicted octanol–water partition coefficient (Wildman–Crippen LogP) is 1.16. The average Bonchev–Trinajstić information content (AvgIpc) is 3.04. The number of ether oxygens (including phenoxy) is 2. The van der Waals surface area contributed by atoms with Gasteiger partial charge >= 0.3 is 0 Å². The Morgan fingerprint density at radius 3 is 2.92 bits per heavy atom. The van der Waals surface area contributed by atoms with Crippen molar-refractivity contribution < 1.29 is 22.7 Å². The molecule has 2 aliphatic rings. The van der Waals surface area contributed by atoms with Gasteiger partial charge in [0.25, 0.3) is 5.91 Å². The van der Waals surface area contributed by atoms with Gasteiger partial charge in [-0.1, -0.05) is 11.6 Å². The highest BCUT2D eigenvalue weighted by Crippen LogP contribution is 2.37. The number of nitrogens with zero attached hydrogens (tertiary/aromatic N) is 1. The number of carbonyl (C=O) groups excluding carboxylic acids is 1. The predicted molar refractivity (Wildman–Crippen MR) is 90.0 cm³/mol. The number of fused-ring (bicyclic) bond motifs is 1. The highest BCUT2D eigenvalue weighted by molar-refractivity contribution is 7.92. The van der Waals surface area contributed by atoms with Crippen LogP contribution in [0.4, 0.5) is 5.69 Å². The summed E-state index contributed by atoms with van der Waals surface area (Å²) in [5, 5.41) is 3.17. The molecule has 1 N–H and O–H groups in total. The van der Waals surface area contributed by atoms with E-state index in [1.54, 1.807) is 12.1 Å². The van der Waals surface area contributed by atoms with Crippen molar-refractivity contribution in [1.29, 1.82) is 0 Å². The number of sulfonamides is 1.